The Bertz CT molecular complexity index is 645. The molecule has 182 valence electrons. The molecule has 7 heteroatoms. The van der Waals surface area contributed by atoms with E-state index in [2.05, 4.69) is 46.7 Å². The Kier molecular flexibility index (Phi) is 14.2. The number of halogens is 1. The monoisotopic (exact) mass is 558 g/mol. The molecule has 2 aliphatic heterocycles. The quantitative estimate of drug-likeness (QED) is 0.185. The number of nitrogens with zero attached hydrogens (tertiary/aromatic N) is 2. The third kappa shape index (κ3) is 10.8. The fourth-order valence-electron chi connectivity index (χ4n) is 4.24. The van der Waals surface area contributed by atoms with E-state index in [9.17, 15) is 0 Å². The Labute approximate surface area is 211 Å². The summed E-state index contributed by atoms with van der Waals surface area (Å²) in [5.41, 5.74) is 2.67. The zero-order valence-corrected chi connectivity index (χ0v) is 22.1. The summed E-state index contributed by atoms with van der Waals surface area (Å²) in [6.07, 6.45) is 7.54. The maximum absolute atomic E-state index is 5.79. The summed E-state index contributed by atoms with van der Waals surface area (Å²) in [7, 11) is 0. The molecule has 1 aromatic carbocycles. The van der Waals surface area contributed by atoms with Gasteiger partial charge in [-0.3, -0.25) is 4.90 Å². The fraction of sp³-hybridized carbons (Fsp3) is 0.720. The van der Waals surface area contributed by atoms with Gasteiger partial charge in [0.1, 0.15) is 0 Å². The highest BCUT2D eigenvalue weighted by molar-refractivity contribution is 14.0. The van der Waals surface area contributed by atoms with Crippen LogP contribution in [0.2, 0.25) is 0 Å². The number of likely N-dealkylation sites (tertiary alicyclic amines) is 1. The van der Waals surface area contributed by atoms with Crippen LogP contribution < -0.4 is 10.6 Å². The summed E-state index contributed by atoms with van der Waals surface area (Å²) >= 11 is 0. The van der Waals surface area contributed by atoms with Gasteiger partial charge in [0.2, 0.25) is 0 Å². The van der Waals surface area contributed by atoms with Crippen molar-refractivity contribution in [1.29, 1.82) is 0 Å². The molecule has 1 aromatic rings. The average Bonchev–Trinajstić information content (AvgIpc) is 3.17. The molecule has 0 aromatic heterocycles. The normalized spacial score (nSPS) is 19.9. The smallest absolute Gasteiger partial charge is 0.191 e. The molecule has 0 aliphatic carbocycles. The van der Waals surface area contributed by atoms with Gasteiger partial charge in [-0.2, -0.15) is 0 Å². The van der Waals surface area contributed by atoms with Gasteiger partial charge >= 0.3 is 0 Å². The van der Waals surface area contributed by atoms with Crippen molar-refractivity contribution in [2.45, 2.75) is 58.5 Å². The third-order valence-electron chi connectivity index (χ3n) is 6.00. The van der Waals surface area contributed by atoms with Crippen LogP contribution in [0.15, 0.2) is 29.3 Å². The molecule has 2 heterocycles. The van der Waals surface area contributed by atoms with Crippen LogP contribution in [0.1, 0.15) is 56.6 Å². The molecule has 6 nitrogen and oxygen atoms in total. The van der Waals surface area contributed by atoms with Crippen LogP contribution >= 0.6 is 24.0 Å². The second-order valence-electron chi connectivity index (χ2n) is 8.79. The Balaban J connectivity index is 0.00000363. The van der Waals surface area contributed by atoms with Gasteiger partial charge in [0, 0.05) is 38.8 Å². The second kappa shape index (κ2) is 16.7. The number of nitrogens with one attached hydrogen (secondary N) is 2. The Hall–Kier alpha value is -0.900. The van der Waals surface area contributed by atoms with Crippen LogP contribution in [0.4, 0.5) is 0 Å². The highest BCUT2D eigenvalue weighted by atomic mass is 127. The van der Waals surface area contributed by atoms with Crippen molar-refractivity contribution in [2.75, 3.05) is 52.6 Å². The molecule has 2 N–H and O–H groups in total. The van der Waals surface area contributed by atoms with E-state index in [1.165, 1.54) is 49.9 Å². The van der Waals surface area contributed by atoms with Crippen molar-refractivity contribution >= 4 is 29.9 Å². The molecule has 0 radical (unpaired) electrons. The highest BCUT2D eigenvalue weighted by Crippen LogP contribution is 2.15. The molecule has 1 atom stereocenters. The molecular formula is C25H43IN4O2. The maximum atomic E-state index is 5.79. The summed E-state index contributed by atoms with van der Waals surface area (Å²) in [6, 6.07) is 8.92. The minimum absolute atomic E-state index is 0. The first-order valence-corrected chi connectivity index (χ1v) is 12.3. The molecule has 0 amide bonds. The maximum Gasteiger partial charge on any atom is 0.191 e. The zero-order chi connectivity index (χ0) is 21.6. The van der Waals surface area contributed by atoms with Crippen molar-refractivity contribution in [3.63, 3.8) is 0 Å². The minimum Gasteiger partial charge on any atom is -0.381 e. The van der Waals surface area contributed by atoms with E-state index in [-0.39, 0.29) is 24.0 Å². The summed E-state index contributed by atoms with van der Waals surface area (Å²) in [6.45, 7) is 11.4. The molecule has 1 unspecified atom stereocenters. The Morgan fingerprint density at radius 2 is 1.97 bits per heavy atom. The zero-order valence-electron chi connectivity index (χ0n) is 19.8. The fourth-order valence-corrected chi connectivity index (χ4v) is 4.24. The van der Waals surface area contributed by atoms with Gasteiger partial charge in [-0.25, -0.2) is 4.99 Å². The van der Waals surface area contributed by atoms with Crippen molar-refractivity contribution in [3.05, 3.63) is 35.4 Å². The van der Waals surface area contributed by atoms with Crippen molar-refractivity contribution in [2.24, 2.45) is 10.9 Å². The topological polar surface area (TPSA) is 58.1 Å². The molecular weight excluding hydrogens is 515 g/mol. The molecule has 0 saturated carbocycles. The van der Waals surface area contributed by atoms with Crippen LogP contribution in [-0.4, -0.2) is 63.5 Å². The first kappa shape index (κ1) is 27.3. The van der Waals surface area contributed by atoms with Crippen LogP contribution in [0, 0.1) is 5.92 Å². The molecule has 2 aliphatic rings. The van der Waals surface area contributed by atoms with Gasteiger partial charge in [0.15, 0.2) is 5.96 Å². The van der Waals surface area contributed by atoms with Gasteiger partial charge < -0.3 is 20.1 Å². The standard InChI is InChI=1S/C25H42N4O2.HI/c1-2-26-25(27-12-8-15-30-20-24-11-16-31-21-24)28-18-22-9-7-10-23(17-22)19-29-13-5-3-4-6-14-29;/h7,9-10,17,24H,2-6,8,11-16,18-21H2,1H3,(H2,26,27,28);1H. The summed E-state index contributed by atoms with van der Waals surface area (Å²) in [5, 5.41) is 6.78. The molecule has 3 rings (SSSR count). The molecule has 0 bridgehead atoms. The average molecular weight is 559 g/mol. The SMILES string of the molecule is CCNC(=NCc1cccc(CN2CCCCCC2)c1)NCCCOCC1CCOC1.I. The number of guanidine groups is 1. The molecule has 2 saturated heterocycles. The molecule has 32 heavy (non-hydrogen) atoms. The van der Waals surface area contributed by atoms with E-state index in [1.54, 1.807) is 0 Å². The first-order chi connectivity index (χ1) is 15.3. The van der Waals surface area contributed by atoms with Gasteiger partial charge in [0.05, 0.1) is 19.8 Å². The number of aliphatic imine (C=N–C) groups is 1. The van der Waals surface area contributed by atoms with E-state index >= 15 is 0 Å². The van der Waals surface area contributed by atoms with E-state index in [0.29, 0.717) is 12.5 Å². The van der Waals surface area contributed by atoms with Gasteiger partial charge in [-0.1, -0.05) is 37.1 Å². The summed E-state index contributed by atoms with van der Waals surface area (Å²) < 4.78 is 11.2. The lowest BCUT2D eigenvalue weighted by Gasteiger charge is -2.20. The van der Waals surface area contributed by atoms with Crippen molar-refractivity contribution in [3.8, 4) is 0 Å². The highest BCUT2D eigenvalue weighted by Gasteiger charge is 2.15. The van der Waals surface area contributed by atoms with Crippen LogP contribution in [0.25, 0.3) is 0 Å². The minimum atomic E-state index is 0. The first-order valence-electron chi connectivity index (χ1n) is 12.3. The lowest BCUT2D eigenvalue weighted by atomic mass is 10.1. The van der Waals surface area contributed by atoms with Gasteiger partial charge in [-0.05, 0) is 56.8 Å². The summed E-state index contributed by atoms with van der Waals surface area (Å²) in [5.74, 6) is 1.46. The number of rotatable bonds is 11. The lowest BCUT2D eigenvalue weighted by Crippen LogP contribution is -2.38. The van der Waals surface area contributed by atoms with E-state index in [4.69, 9.17) is 14.5 Å². The summed E-state index contributed by atoms with van der Waals surface area (Å²) in [4.78, 5) is 7.39. The molecule has 2 fully saturated rings. The van der Waals surface area contributed by atoms with Crippen LogP contribution in [0.5, 0.6) is 0 Å². The van der Waals surface area contributed by atoms with E-state index in [1.807, 2.05) is 0 Å². The van der Waals surface area contributed by atoms with Gasteiger partial charge in [0.25, 0.3) is 0 Å². The Morgan fingerprint density at radius 1 is 1.16 bits per heavy atom. The largest absolute Gasteiger partial charge is 0.381 e. The molecule has 0 spiro atoms. The second-order valence-corrected chi connectivity index (χ2v) is 8.79. The Morgan fingerprint density at radius 3 is 2.72 bits per heavy atom. The number of ether oxygens (including phenoxy) is 2. The number of benzene rings is 1. The lowest BCUT2D eigenvalue weighted by molar-refractivity contribution is 0.0888. The third-order valence-corrected chi connectivity index (χ3v) is 6.00. The predicted molar refractivity (Wildman–Crippen MR) is 143 cm³/mol. The van der Waals surface area contributed by atoms with Crippen molar-refractivity contribution in [1.82, 2.24) is 15.5 Å². The van der Waals surface area contributed by atoms with E-state index < -0.39 is 0 Å². The van der Waals surface area contributed by atoms with Gasteiger partial charge in [-0.15, -0.1) is 24.0 Å². The van der Waals surface area contributed by atoms with Crippen LogP contribution in [0.3, 0.4) is 0 Å². The van der Waals surface area contributed by atoms with Crippen LogP contribution in [-0.2, 0) is 22.6 Å². The van der Waals surface area contributed by atoms with Crippen molar-refractivity contribution < 1.29 is 9.47 Å². The predicted octanol–water partition coefficient (Wildman–Crippen LogP) is 4.18. The van der Waals surface area contributed by atoms with E-state index in [0.717, 1.165) is 64.9 Å². The number of hydrogen-bond donors (Lipinski definition) is 2. The number of hydrogen-bond acceptors (Lipinski definition) is 4.